The van der Waals surface area contributed by atoms with Gasteiger partial charge in [0.15, 0.2) is 6.10 Å². The smallest absolute Gasteiger partial charge is 0.306 e. The van der Waals surface area contributed by atoms with Crippen molar-refractivity contribution >= 4 is 19.8 Å². The first-order valence-corrected chi connectivity index (χ1v) is 22.7. The molecule has 0 saturated heterocycles. The van der Waals surface area contributed by atoms with Crippen molar-refractivity contribution in [3.8, 4) is 33.8 Å². The van der Waals surface area contributed by atoms with E-state index in [0.29, 0.717) is 37.1 Å². The summed E-state index contributed by atoms with van der Waals surface area (Å²) in [6.45, 7) is 0.776. The summed E-state index contributed by atoms with van der Waals surface area (Å²) in [4.78, 5) is 37.7. The number of carbonyl (C=O) groups is 2. The largest absolute Gasteiger partial charge is 0.756 e. The van der Waals surface area contributed by atoms with Gasteiger partial charge in [-0.05, 0) is 72.2 Å². The Morgan fingerprint density at radius 3 is 1.45 bits per heavy atom. The normalized spacial score (nSPS) is 12.9. The maximum absolute atomic E-state index is 12.8. The molecule has 0 heterocycles. The summed E-state index contributed by atoms with van der Waals surface area (Å²) in [7, 11) is 1.06. The van der Waals surface area contributed by atoms with Crippen molar-refractivity contribution in [3.05, 3.63) is 109 Å². The summed E-state index contributed by atoms with van der Waals surface area (Å²) in [6.07, 6.45) is 7.77. The van der Waals surface area contributed by atoms with Crippen molar-refractivity contribution in [1.29, 1.82) is 0 Å². The number of nitrogens with zero attached hydrogens (tertiary/aromatic N) is 1. The van der Waals surface area contributed by atoms with Crippen molar-refractivity contribution in [2.24, 2.45) is 0 Å². The van der Waals surface area contributed by atoms with Crippen LogP contribution in [-0.2, 0) is 32.7 Å². The first-order valence-electron chi connectivity index (χ1n) is 21.3. The third-order valence-electron chi connectivity index (χ3n) is 9.67. The second-order valence-corrected chi connectivity index (χ2v) is 17.3. The zero-order chi connectivity index (χ0) is 42.9. The Kier molecular flexibility index (Phi) is 21.4. The van der Waals surface area contributed by atoms with Gasteiger partial charge in [0.05, 0.1) is 41.0 Å². The van der Waals surface area contributed by atoms with E-state index in [4.69, 9.17) is 28.0 Å². The molecule has 326 valence electrons. The van der Waals surface area contributed by atoms with Crippen LogP contribution in [0.5, 0.6) is 11.5 Å². The first-order chi connectivity index (χ1) is 29.0. The SMILES string of the molecule is C[N+](C)(C)CCOP(=O)([O-])OC[C@@H](COC(=O)CCCCCCCOc1ccc(-c2ccccc2)cc1)OC(=O)CCCCCCCOc1ccc(-c2ccccc2)cc1. The number of hydrogen-bond donors (Lipinski definition) is 0. The lowest BCUT2D eigenvalue weighted by atomic mass is 10.1. The molecule has 0 saturated carbocycles. The molecular formula is C48H64NO10P. The highest BCUT2D eigenvalue weighted by molar-refractivity contribution is 7.45. The van der Waals surface area contributed by atoms with Crippen molar-refractivity contribution in [2.75, 3.05) is 60.7 Å². The molecule has 0 amide bonds. The molecule has 0 radical (unpaired) electrons. The third-order valence-corrected chi connectivity index (χ3v) is 10.6. The number of benzene rings is 4. The van der Waals surface area contributed by atoms with Gasteiger partial charge in [-0.2, -0.15) is 0 Å². The van der Waals surface area contributed by atoms with Crippen molar-refractivity contribution < 1.29 is 51.5 Å². The molecule has 2 atom stereocenters. The molecule has 4 rings (SSSR count). The van der Waals surface area contributed by atoms with Crippen molar-refractivity contribution in [2.45, 2.75) is 83.2 Å². The van der Waals surface area contributed by atoms with Crippen LogP contribution in [0, 0.1) is 0 Å². The molecule has 60 heavy (non-hydrogen) atoms. The van der Waals surface area contributed by atoms with Gasteiger partial charge in [0.2, 0.25) is 0 Å². The minimum absolute atomic E-state index is 0.0618. The van der Waals surface area contributed by atoms with Gasteiger partial charge < -0.3 is 37.4 Å². The fourth-order valence-corrected chi connectivity index (χ4v) is 6.92. The Hall–Kier alpha value is -4.51. The number of rotatable bonds is 30. The van der Waals surface area contributed by atoms with Gasteiger partial charge >= 0.3 is 11.9 Å². The maximum atomic E-state index is 12.8. The Bertz CT molecular complexity index is 1830. The summed E-state index contributed by atoms with van der Waals surface area (Å²) < 4.78 is 45.7. The number of unbranched alkanes of at least 4 members (excludes halogenated alkanes) is 8. The van der Waals surface area contributed by atoms with Gasteiger partial charge in [0, 0.05) is 12.8 Å². The fraction of sp³-hybridized carbons (Fsp3) is 0.458. The first kappa shape index (κ1) is 48.2. The second kappa shape index (κ2) is 26.6. The van der Waals surface area contributed by atoms with E-state index in [9.17, 15) is 19.0 Å². The highest BCUT2D eigenvalue weighted by atomic mass is 31.2. The molecule has 0 aliphatic heterocycles. The van der Waals surface area contributed by atoms with E-state index >= 15 is 0 Å². The van der Waals surface area contributed by atoms with Crippen molar-refractivity contribution in [1.82, 2.24) is 0 Å². The molecule has 0 spiro atoms. The van der Waals surface area contributed by atoms with E-state index in [2.05, 4.69) is 48.5 Å². The number of ether oxygens (including phenoxy) is 4. The Morgan fingerprint density at radius 2 is 0.967 bits per heavy atom. The van der Waals surface area contributed by atoms with E-state index in [1.54, 1.807) is 0 Å². The molecule has 0 aliphatic rings. The van der Waals surface area contributed by atoms with Crippen LogP contribution in [0.25, 0.3) is 22.3 Å². The van der Waals surface area contributed by atoms with Crippen LogP contribution in [-0.4, -0.2) is 83.2 Å². The van der Waals surface area contributed by atoms with Gasteiger partial charge in [-0.25, -0.2) is 0 Å². The average molecular weight is 846 g/mol. The number of hydrogen-bond acceptors (Lipinski definition) is 10. The van der Waals surface area contributed by atoms with Gasteiger partial charge in [0.1, 0.15) is 31.3 Å². The lowest BCUT2D eigenvalue weighted by Crippen LogP contribution is -2.37. The van der Waals surface area contributed by atoms with Crippen LogP contribution in [0.4, 0.5) is 0 Å². The number of phosphoric acid groups is 1. The molecule has 4 aromatic rings. The fourth-order valence-electron chi connectivity index (χ4n) is 6.19. The van der Waals surface area contributed by atoms with Gasteiger partial charge in [-0.3, -0.25) is 14.2 Å². The third kappa shape index (κ3) is 20.6. The Balaban J connectivity index is 1.08. The summed E-state index contributed by atoms with van der Waals surface area (Å²) >= 11 is 0. The summed E-state index contributed by atoms with van der Waals surface area (Å²) in [5, 5.41) is 0. The van der Waals surface area contributed by atoms with Crippen LogP contribution in [0.1, 0.15) is 77.0 Å². The highest BCUT2D eigenvalue weighted by Crippen LogP contribution is 2.38. The number of quaternary nitrogens is 1. The van der Waals surface area contributed by atoms with E-state index in [0.717, 1.165) is 79.6 Å². The molecule has 0 bridgehead atoms. The zero-order valence-electron chi connectivity index (χ0n) is 35.7. The van der Waals surface area contributed by atoms with E-state index in [-0.39, 0.29) is 26.1 Å². The van der Waals surface area contributed by atoms with E-state index in [1.165, 1.54) is 5.56 Å². The van der Waals surface area contributed by atoms with Gasteiger partial charge in [0.25, 0.3) is 7.82 Å². The topological polar surface area (TPSA) is 130 Å². The predicted molar refractivity (Wildman–Crippen MR) is 233 cm³/mol. The molecule has 0 aromatic heterocycles. The number of esters is 2. The molecular weight excluding hydrogens is 781 g/mol. The number of likely N-dealkylation sites (N-methyl/N-ethyl adjacent to an activating group) is 1. The standard InChI is InChI=1S/C48H64NO10P/c1-49(2,3)34-37-57-60(52,53)58-39-46(59-48(51)25-17-7-5-9-19-36-55-45-32-28-43(29-33-45)41-22-14-11-15-23-41)38-56-47(50)24-16-6-4-8-18-35-54-44-30-26-42(27-31-44)40-20-12-10-13-21-40/h10-15,20-23,26-33,46H,4-9,16-19,24-25,34-39H2,1-3H3/t46-/m1/s1. The lowest BCUT2D eigenvalue weighted by Gasteiger charge is -2.28. The van der Waals surface area contributed by atoms with Crippen LogP contribution < -0.4 is 14.4 Å². The van der Waals surface area contributed by atoms with Crippen LogP contribution >= 0.6 is 7.82 Å². The second-order valence-electron chi connectivity index (χ2n) is 15.9. The summed E-state index contributed by atoms with van der Waals surface area (Å²) in [5.74, 6) is 0.714. The van der Waals surface area contributed by atoms with E-state index in [1.807, 2.05) is 81.8 Å². The Labute approximate surface area is 357 Å². The maximum Gasteiger partial charge on any atom is 0.306 e. The highest BCUT2D eigenvalue weighted by Gasteiger charge is 2.22. The quantitative estimate of drug-likeness (QED) is 0.0216. The van der Waals surface area contributed by atoms with Crippen LogP contribution in [0.3, 0.4) is 0 Å². The average Bonchev–Trinajstić information content (AvgIpc) is 3.24. The van der Waals surface area contributed by atoms with Crippen LogP contribution in [0.2, 0.25) is 0 Å². The summed E-state index contributed by atoms with van der Waals surface area (Å²) in [5.41, 5.74) is 4.62. The molecule has 11 nitrogen and oxygen atoms in total. The lowest BCUT2D eigenvalue weighted by molar-refractivity contribution is -0.870. The molecule has 1 unspecified atom stereocenters. The molecule has 0 aliphatic carbocycles. The molecule has 12 heteroatoms. The molecule has 0 fully saturated rings. The monoisotopic (exact) mass is 845 g/mol. The van der Waals surface area contributed by atoms with Gasteiger partial charge in [-0.15, -0.1) is 0 Å². The number of carbonyl (C=O) groups excluding carboxylic acids is 2. The van der Waals surface area contributed by atoms with E-state index < -0.39 is 32.5 Å². The molecule has 0 N–H and O–H groups in total. The van der Waals surface area contributed by atoms with Crippen LogP contribution in [0.15, 0.2) is 109 Å². The minimum atomic E-state index is -4.67. The molecule has 4 aromatic carbocycles. The minimum Gasteiger partial charge on any atom is -0.756 e. The van der Waals surface area contributed by atoms with Gasteiger partial charge in [-0.1, -0.05) is 123 Å². The summed E-state index contributed by atoms with van der Waals surface area (Å²) in [6, 6.07) is 36.6. The van der Waals surface area contributed by atoms with Crippen molar-refractivity contribution in [3.63, 3.8) is 0 Å². The Morgan fingerprint density at radius 1 is 0.533 bits per heavy atom. The zero-order valence-corrected chi connectivity index (χ0v) is 36.6. The predicted octanol–water partition coefficient (Wildman–Crippen LogP) is 9.82. The number of phosphoric ester groups is 1.